The van der Waals surface area contributed by atoms with Crippen molar-refractivity contribution in [2.45, 2.75) is 16.7 Å². The molecule has 0 aliphatic heterocycles. The topological polar surface area (TPSA) is 17.1 Å². The van der Waals surface area contributed by atoms with E-state index in [0.29, 0.717) is 5.56 Å². The first kappa shape index (κ1) is 13.3. The van der Waals surface area contributed by atoms with Crippen LogP contribution in [0.3, 0.4) is 0 Å². The lowest BCUT2D eigenvalue weighted by atomic mass is 10.2. The molecule has 0 radical (unpaired) electrons. The van der Waals surface area contributed by atoms with Gasteiger partial charge >= 0.3 is 0 Å². The Morgan fingerprint density at radius 1 is 1.17 bits per heavy atom. The second kappa shape index (κ2) is 5.67. The van der Waals surface area contributed by atoms with E-state index in [4.69, 9.17) is 0 Å². The van der Waals surface area contributed by atoms with Crippen LogP contribution in [0.4, 0.5) is 4.39 Å². The van der Waals surface area contributed by atoms with Crippen LogP contribution in [0.2, 0.25) is 0 Å². The SMILES string of the molecule is CC(=O)c1ccc(Sc2cccc(F)c2)cc1Br. The molecule has 0 amide bonds. The van der Waals surface area contributed by atoms with Gasteiger partial charge in [-0.05, 0) is 43.3 Å². The lowest BCUT2D eigenvalue weighted by Gasteiger charge is -2.05. The number of halogens is 2. The summed E-state index contributed by atoms with van der Waals surface area (Å²) in [5.41, 5.74) is 0.651. The Labute approximate surface area is 118 Å². The quantitative estimate of drug-likeness (QED) is 0.744. The molecular weight excluding hydrogens is 315 g/mol. The molecule has 2 aromatic carbocycles. The van der Waals surface area contributed by atoms with Gasteiger partial charge in [-0.2, -0.15) is 0 Å². The van der Waals surface area contributed by atoms with E-state index in [2.05, 4.69) is 15.9 Å². The molecule has 0 unspecified atom stereocenters. The van der Waals surface area contributed by atoms with Crippen LogP contribution >= 0.6 is 27.7 Å². The molecule has 4 heteroatoms. The smallest absolute Gasteiger partial charge is 0.160 e. The van der Waals surface area contributed by atoms with Crippen LogP contribution in [0, 0.1) is 5.82 Å². The number of Topliss-reactive ketones (excluding diaryl/α,β-unsaturated/α-hetero) is 1. The second-order valence-electron chi connectivity index (χ2n) is 3.76. The van der Waals surface area contributed by atoms with E-state index in [1.807, 2.05) is 18.2 Å². The van der Waals surface area contributed by atoms with Crippen LogP contribution in [-0.2, 0) is 0 Å². The van der Waals surface area contributed by atoms with Gasteiger partial charge in [-0.3, -0.25) is 4.79 Å². The molecule has 92 valence electrons. The first-order valence-electron chi connectivity index (χ1n) is 5.30. The second-order valence-corrected chi connectivity index (χ2v) is 5.76. The number of carbonyl (C=O) groups excluding carboxylic acids is 1. The van der Waals surface area contributed by atoms with Gasteiger partial charge in [0.2, 0.25) is 0 Å². The summed E-state index contributed by atoms with van der Waals surface area (Å²) in [6, 6.07) is 11.9. The summed E-state index contributed by atoms with van der Waals surface area (Å²) in [4.78, 5) is 13.1. The van der Waals surface area contributed by atoms with Gasteiger partial charge in [-0.15, -0.1) is 0 Å². The van der Waals surface area contributed by atoms with E-state index >= 15 is 0 Å². The third-order valence-electron chi connectivity index (χ3n) is 2.35. The normalized spacial score (nSPS) is 10.4. The Balaban J connectivity index is 2.25. The average Bonchev–Trinajstić information content (AvgIpc) is 2.28. The van der Waals surface area contributed by atoms with Crippen LogP contribution in [0.15, 0.2) is 56.7 Å². The summed E-state index contributed by atoms with van der Waals surface area (Å²) < 4.78 is 13.8. The van der Waals surface area contributed by atoms with Crippen LogP contribution < -0.4 is 0 Å². The molecule has 0 spiro atoms. The van der Waals surface area contributed by atoms with Crippen molar-refractivity contribution in [3.63, 3.8) is 0 Å². The molecular formula is C14H10BrFOS. The zero-order valence-electron chi connectivity index (χ0n) is 9.61. The van der Waals surface area contributed by atoms with Gasteiger partial charge in [0.15, 0.2) is 5.78 Å². The predicted octanol–water partition coefficient (Wildman–Crippen LogP) is 4.94. The maximum atomic E-state index is 13.1. The summed E-state index contributed by atoms with van der Waals surface area (Å²) in [5.74, 6) is -0.233. The van der Waals surface area contributed by atoms with Crippen molar-refractivity contribution < 1.29 is 9.18 Å². The molecule has 0 saturated carbocycles. The predicted molar refractivity (Wildman–Crippen MR) is 74.7 cm³/mol. The summed E-state index contributed by atoms with van der Waals surface area (Å²) in [7, 11) is 0. The fraction of sp³-hybridized carbons (Fsp3) is 0.0714. The minimum absolute atomic E-state index is 0.0178. The molecule has 0 aliphatic carbocycles. The zero-order chi connectivity index (χ0) is 13.1. The van der Waals surface area contributed by atoms with E-state index < -0.39 is 0 Å². The molecule has 18 heavy (non-hydrogen) atoms. The molecule has 1 nitrogen and oxygen atoms in total. The molecule has 2 rings (SSSR count). The molecule has 0 heterocycles. The third-order valence-corrected chi connectivity index (χ3v) is 3.99. The van der Waals surface area contributed by atoms with E-state index in [0.717, 1.165) is 14.3 Å². The highest BCUT2D eigenvalue weighted by Gasteiger charge is 2.07. The number of ketones is 1. The lowest BCUT2D eigenvalue weighted by Crippen LogP contribution is -1.93. The number of carbonyl (C=O) groups is 1. The van der Waals surface area contributed by atoms with Crippen molar-refractivity contribution in [1.82, 2.24) is 0 Å². The Kier molecular flexibility index (Phi) is 4.19. The van der Waals surface area contributed by atoms with E-state index in [9.17, 15) is 9.18 Å². The minimum atomic E-state index is -0.251. The van der Waals surface area contributed by atoms with E-state index in [-0.39, 0.29) is 11.6 Å². The Hall–Kier alpha value is -1.13. The fourth-order valence-electron chi connectivity index (χ4n) is 1.51. The Bertz CT molecular complexity index is 598. The zero-order valence-corrected chi connectivity index (χ0v) is 12.0. The van der Waals surface area contributed by atoms with Crippen molar-refractivity contribution in [2.75, 3.05) is 0 Å². The summed E-state index contributed by atoms with van der Waals surface area (Å²) in [5, 5.41) is 0. The van der Waals surface area contributed by atoms with Gasteiger partial charge in [-0.1, -0.05) is 33.8 Å². The largest absolute Gasteiger partial charge is 0.294 e. The van der Waals surface area contributed by atoms with Gasteiger partial charge < -0.3 is 0 Å². The number of hydrogen-bond donors (Lipinski definition) is 0. The molecule has 0 N–H and O–H groups in total. The molecule has 2 aromatic rings. The molecule has 0 fully saturated rings. The van der Waals surface area contributed by atoms with Gasteiger partial charge in [0.05, 0.1) is 0 Å². The van der Waals surface area contributed by atoms with Crippen LogP contribution in [-0.4, -0.2) is 5.78 Å². The highest BCUT2D eigenvalue weighted by Crippen LogP contribution is 2.31. The maximum Gasteiger partial charge on any atom is 0.160 e. The van der Waals surface area contributed by atoms with Crippen LogP contribution in [0.1, 0.15) is 17.3 Å². The van der Waals surface area contributed by atoms with Crippen molar-refractivity contribution in [3.05, 3.63) is 58.3 Å². The highest BCUT2D eigenvalue weighted by molar-refractivity contribution is 9.10. The van der Waals surface area contributed by atoms with Crippen molar-refractivity contribution in [1.29, 1.82) is 0 Å². The standard InChI is InChI=1S/C14H10BrFOS/c1-9(17)13-6-5-12(8-14(13)15)18-11-4-2-3-10(16)7-11/h2-8H,1H3. The molecule has 0 aliphatic rings. The van der Waals surface area contributed by atoms with Crippen molar-refractivity contribution >= 4 is 33.5 Å². The highest BCUT2D eigenvalue weighted by atomic mass is 79.9. The van der Waals surface area contributed by atoms with Gasteiger partial charge in [0, 0.05) is 19.8 Å². The number of rotatable bonds is 3. The first-order chi connectivity index (χ1) is 8.56. The summed E-state index contributed by atoms with van der Waals surface area (Å²) >= 11 is 4.82. The molecule has 0 aromatic heterocycles. The molecule has 0 saturated heterocycles. The van der Waals surface area contributed by atoms with Gasteiger partial charge in [-0.25, -0.2) is 4.39 Å². The monoisotopic (exact) mass is 324 g/mol. The minimum Gasteiger partial charge on any atom is -0.294 e. The molecule has 0 atom stereocenters. The lowest BCUT2D eigenvalue weighted by molar-refractivity contribution is 0.101. The first-order valence-corrected chi connectivity index (χ1v) is 6.91. The average molecular weight is 325 g/mol. The third kappa shape index (κ3) is 3.21. The Morgan fingerprint density at radius 3 is 2.50 bits per heavy atom. The van der Waals surface area contributed by atoms with E-state index in [1.165, 1.54) is 30.8 Å². The summed E-state index contributed by atoms with van der Waals surface area (Å²) in [6.45, 7) is 1.53. The molecule has 0 bridgehead atoms. The maximum absolute atomic E-state index is 13.1. The number of benzene rings is 2. The van der Waals surface area contributed by atoms with Crippen LogP contribution in [0.25, 0.3) is 0 Å². The van der Waals surface area contributed by atoms with Crippen molar-refractivity contribution in [3.8, 4) is 0 Å². The van der Waals surface area contributed by atoms with Gasteiger partial charge in [0.25, 0.3) is 0 Å². The van der Waals surface area contributed by atoms with E-state index in [1.54, 1.807) is 12.1 Å². The Morgan fingerprint density at radius 2 is 1.89 bits per heavy atom. The number of hydrogen-bond acceptors (Lipinski definition) is 2. The van der Waals surface area contributed by atoms with Gasteiger partial charge in [0.1, 0.15) is 5.82 Å². The van der Waals surface area contributed by atoms with Crippen molar-refractivity contribution in [2.24, 2.45) is 0 Å². The fourth-order valence-corrected chi connectivity index (χ4v) is 3.22. The van der Waals surface area contributed by atoms with Crippen LogP contribution in [0.5, 0.6) is 0 Å². The summed E-state index contributed by atoms with van der Waals surface area (Å²) in [6.07, 6.45) is 0.